The first kappa shape index (κ1) is 19.9. The van der Waals surface area contributed by atoms with E-state index in [4.69, 9.17) is 9.47 Å². The molecule has 1 aliphatic heterocycles. The number of carbonyl (C=O) groups excluding carboxylic acids is 1. The van der Waals surface area contributed by atoms with Gasteiger partial charge in [0.05, 0.1) is 0 Å². The Morgan fingerprint density at radius 3 is 2.39 bits per heavy atom. The van der Waals surface area contributed by atoms with Crippen LogP contribution in [-0.2, 0) is 19.7 Å². The van der Waals surface area contributed by atoms with Gasteiger partial charge in [-0.25, -0.2) is 4.79 Å². The maximum absolute atomic E-state index is 13.0. The van der Waals surface area contributed by atoms with Crippen molar-refractivity contribution in [2.75, 3.05) is 0 Å². The highest BCUT2D eigenvalue weighted by atomic mass is 16.7. The summed E-state index contributed by atoms with van der Waals surface area (Å²) in [6, 6.07) is 10.7. The molecule has 0 bridgehead atoms. The highest BCUT2D eigenvalue weighted by Crippen LogP contribution is 2.51. The van der Waals surface area contributed by atoms with Crippen molar-refractivity contribution in [3.63, 3.8) is 0 Å². The first-order chi connectivity index (χ1) is 13.3. The molecule has 3 fully saturated rings. The van der Waals surface area contributed by atoms with Crippen molar-refractivity contribution in [1.82, 2.24) is 0 Å². The minimum absolute atomic E-state index is 0.0183. The number of rotatable bonds is 4. The molecule has 1 saturated heterocycles. The Hall–Kier alpha value is -1.35. The molecular weight excluding hydrogens is 348 g/mol. The maximum atomic E-state index is 13.0. The molecule has 3 nitrogen and oxygen atoms in total. The van der Waals surface area contributed by atoms with Crippen LogP contribution in [0.5, 0.6) is 0 Å². The van der Waals surface area contributed by atoms with Gasteiger partial charge in [0.1, 0.15) is 11.7 Å². The zero-order valence-corrected chi connectivity index (χ0v) is 17.9. The van der Waals surface area contributed by atoms with E-state index in [-0.39, 0.29) is 29.2 Å². The molecule has 1 spiro atoms. The van der Waals surface area contributed by atoms with Crippen LogP contribution < -0.4 is 0 Å². The van der Waals surface area contributed by atoms with Crippen molar-refractivity contribution < 1.29 is 14.3 Å². The van der Waals surface area contributed by atoms with Crippen molar-refractivity contribution >= 4 is 5.97 Å². The second-order valence-corrected chi connectivity index (χ2v) is 10.3. The molecule has 4 atom stereocenters. The second-order valence-electron chi connectivity index (χ2n) is 10.3. The molecule has 154 valence electrons. The van der Waals surface area contributed by atoms with Gasteiger partial charge in [0.25, 0.3) is 0 Å². The van der Waals surface area contributed by atoms with Gasteiger partial charge in [-0.05, 0) is 61.3 Å². The fraction of sp³-hybridized carbons (Fsp3) is 0.720. The van der Waals surface area contributed by atoms with Gasteiger partial charge in [-0.15, -0.1) is 0 Å². The SMILES string of the molecule is CC1CCC2(CC1)O[C@H]2C(=O)O[C@@H]1C[C@H](C)CC[C@H]1C(C)(C)c1ccccc1. The van der Waals surface area contributed by atoms with Crippen LogP contribution in [0.1, 0.15) is 78.2 Å². The van der Waals surface area contributed by atoms with Crippen molar-refractivity contribution in [2.24, 2.45) is 17.8 Å². The number of epoxide rings is 1. The molecule has 0 amide bonds. The lowest BCUT2D eigenvalue weighted by molar-refractivity contribution is -0.158. The van der Waals surface area contributed by atoms with Crippen LogP contribution in [0.25, 0.3) is 0 Å². The van der Waals surface area contributed by atoms with E-state index in [0.717, 1.165) is 44.4 Å². The minimum Gasteiger partial charge on any atom is -0.460 e. The van der Waals surface area contributed by atoms with E-state index < -0.39 is 0 Å². The van der Waals surface area contributed by atoms with E-state index in [1.54, 1.807) is 0 Å². The summed E-state index contributed by atoms with van der Waals surface area (Å²) in [6.45, 7) is 9.19. The van der Waals surface area contributed by atoms with Gasteiger partial charge in [0, 0.05) is 5.92 Å². The summed E-state index contributed by atoms with van der Waals surface area (Å²) in [5.74, 6) is 1.59. The summed E-state index contributed by atoms with van der Waals surface area (Å²) in [4.78, 5) is 13.0. The van der Waals surface area contributed by atoms with Crippen molar-refractivity contribution in [1.29, 1.82) is 0 Å². The van der Waals surface area contributed by atoms with Gasteiger partial charge in [0.15, 0.2) is 6.10 Å². The topological polar surface area (TPSA) is 38.8 Å². The number of hydrogen-bond acceptors (Lipinski definition) is 3. The zero-order chi connectivity index (χ0) is 19.9. The summed E-state index contributed by atoms with van der Waals surface area (Å²) >= 11 is 0. The van der Waals surface area contributed by atoms with Crippen LogP contribution in [0.2, 0.25) is 0 Å². The van der Waals surface area contributed by atoms with E-state index in [2.05, 4.69) is 58.0 Å². The van der Waals surface area contributed by atoms with Crippen LogP contribution in [0, 0.1) is 17.8 Å². The summed E-state index contributed by atoms with van der Waals surface area (Å²) < 4.78 is 12.2. The lowest BCUT2D eigenvalue weighted by atomic mass is 9.64. The Morgan fingerprint density at radius 2 is 1.71 bits per heavy atom. The van der Waals surface area contributed by atoms with E-state index in [1.807, 2.05) is 0 Å². The fourth-order valence-electron chi connectivity index (χ4n) is 5.67. The van der Waals surface area contributed by atoms with Crippen LogP contribution in [0.3, 0.4) is 0 Å². The van der Waals surface area contributed by atoms with Crippen molar-refractivity contribution in [3.8, 4) is 0 Å². The summed E-state index contributed by atoms with van der Waals surface area (Å²) in [5.41, 5.74) is 1.11. The Kier molecular flexibility index (Phi) is 5.33. The lowest BCUT2D eigenvalue weighted by Gasteiger charge is -2.44. The zero-order valence-electron chi connectivity index (χ0n) is 17.9. The smallest absolute Gasteiger partial charge is 0.338 e. The Morgan fingerprint density at radius 1 is 1.04 bits per heavy atom. The molecule has 1 aromatic rings. The molecule has 2 aliphatic carbocycles. The molecular formula is C25H36O3. The quantitative estimate of drug-likeness (QED) is 0.497. The van der Waals surface area contributed by atoms with Gasteiger partial charge < -0.3 is 9.47 Å². The molecule has 3 aliphatic rings. The number of esters is 1. The van der Waals surface area contributed by atoms with E-state index in [1.165, 1.54) is 12.0 Å². The van der Waals surface area contributed by atoms with Gasteiger partial charge in [-0.3, -0.25) is 0 Å². The summed E-state index contributed by atoms with van der Waals surface area (Å²) in [7, 11) is 0. The van der Waals surface area contributed by atoms with Crippen molar-refractivity contribution in [3.05, 3.63) is 35.9 Å². The Labute approximate surface area is 170 Å². The lowest BCUT2D eigenvalue weighted by Crippen LogP contribution is -2.44. The molecule has 4 rings (SSSR count). The highest BCUT2D eigenvalue weighted by molar-refractivity contribution is 5.79. The average molecular weight is 385 g/mol. The molecule has 0 N–H and O–H groups in total. The van der Waals surface area contributed by atoms with Crippen LogP contribution in [-0.4, -0.2) is 23.8 Å². The molecule has 1 heterocycles. The number of benzene rings is 1. The van der Waals surface area contributed by atoms with Crippen LogP contribution in [0.15, 0.2) is 30.3 Å². The van der Waals surface area contributed by atoms with E-state index in [0.29, 0.717) is 11.8 Å². The average Bonchev–Trinajstić information content (AvgIpc) is 3.39. The third-order valence-electron chi connectivity index (χ3n) is 7.87. The van der Waals surface area contributed by atoms with Crippen LogP contribution in [0.4, 0.5) is 0 Å². The standard InChI is InChI=1S/C25H36O3/c1-17-12-14-25(15-13-17)22(28-25)23(26)27-21-16-18(2)10-11-20(21)24(3,4)19-8-6-5-7-9-19/h5-9,17-18,20-22H,10-16H2,1-4H3/t17?,18-,20-,21-,22+,25?/m1/s1. The molecule has 0 unspecified atom stereocenters. The van der Waals surface area contributed by atoms with Gasteiger partial charge >= 0.3 is 5.97 Å². The number of carbonyl (C=O) groups is 1. The predicted molar refractivity (Wildman–Crippen MR) is 111 cm³/mol. The number of ether oxygens (including phenoxy) is 2. The highest BCUT2D eigenvalue weighted by Gasteiger charge is 2.62. The van der Waals surface area contributed by atoms with Crippen molar-refractivity contribution in [2.45, 2.75) is 95.9 Å². The Balaban J connectivity index is 1.46. The summed E-state index contributed by atoms with van der Waals surface area (Å²) in [6.07, 6.45) is 7.27. The molecule has 1 aromatic carbocycles. The molecule has 28 heavy (non-hydrogen) atoms. The number of hydrogen-bond donors (Lipinski definition) is 0. The third-order valence-corrected chi connectivity index (χ3v) is 7.87. The Bertz CT molecular complexity index is 687. The molecule has 0 aromatic heterocycles. The first-order valence-electron chi connectivity index (χ1n) is 11.3. The largest absolute Gasteiger partial charge is 0.460 e. The monoisotopic (exact) mass is 384 g/mol. The predicted octanol–water partition coefficient (Wildman–Crippen LogP) is 5.66. The fourth-order valence-corrected chi connectivity index (χ4v) is 5.67. The second kappa shape index (κ2) is 7.48. The van der Waals surface area contributed by atoms with E-state index in [9.17, 15) is 4.79 Å². The van der Waals surface area contributed by atoms with Gasteiger partial charge in [0.2, 0.25) is 0 Å². The summed E-state index contributed by atoms with van der Waals surface area (Å²) in [5, 5.41) is 0. The molecule has 3 heteroatoms. The minimum atomic E-state index is -0.322. The molecule has 0 radical (unpaired) electrons. The first-order valence-corrected chi connectivity index (χ1v) is 11.3. The molecule has 2 saturated carbocycles. The van der Waals surface area contributed by atoms with Gasteiger partial charge in [-0.1, -0.05) is 64.4 Å². The van der Waals surface area contributed by atoms with Crippen LogP contribution >= 0.6 is 0 Å². The maximum Gasteiger partial charge on any atom is 0.338 e. The normalized spacial score (nSPS) is 38.2. The third kappa shape index (κ3) is 3.75. The van der Waals surface area contributed by atoms with Gasteiger partial charge in [-0.2, -0.15) is 0 Å². The van der Waals surface area contributed by atoms with E-state index >= 15 is 0 Å².